The first-order valence-electron chi connectivity index (χ1n) is 6.71. The van der Waals surface area contributed by atoms with Gasteiger partial charge in [-0.15, -0.1) is 0 Å². The van der Waals surface area contributed by atoms with E-state index in [1.165, 1.54) is 0 Å². The van der Waals surface area contributed by atoms with Crippen molar-refractivity contribution < 1.29 is 9.90 Å². The SMILES string of the molecule is CC1CC(N(CCN(C)C)CC(=O)O)CCN1C. The maximum absolute atomic E-state index is 11.0. The molecular formula is C13H27N3O2. The summed E-state index contributed by atoms with van der Waals surface area (Å²) in [5.74, 6) is -0.722. The summed E-state index contributed by atoms with van der Waals surface area (Å²) in [5, 5.41) is 9.03. The van der Waals surface area contributed by atoms with Crippen LogP contribution in [0.4, 0.5) is 0 Å². The minimum Gasteiger partial charge on any atom is -0.480 e. The fourth-order valence-electron chi connectivity index (χ4n) is 2.49. The van der Waals surface area contributed by atoms with E-state index in [9.17, 15) is 4.79 Å². The predicted molar refractivity (Wildman–Crippen MR) is 72.9 cm³/mol. The zero-order valence-electron chi connectivity index (χ0n) is 12.1. The van der Waals surface area contributed by atoms with Crippen molar-refractivity contribution in [1.82, 2.24) is 14.7 Å². The van der Waals surface area contributed by atoms with Crippen molar-refractivity contribution in [2.75, 3.05) is 47.3 Å². The predicted octanol–water partition coefficient (Wildman–Crippen LogP) is 0.417. The van der Waals surface area contributed by atoms with Gasteiger partial charge in [-0.2, -0.15) is 0 Å². The number of nitrogens with zero attached hydrogens (tertiary/aromatic N) is 3. The van der Waals surface area contributed by atoms with Crippen LogP contribution in [0.3, 0.4) is 0 Å². The third-order valence-corrected chi connectivity index (χ3v) is 3.87. The van der Waals surface area contributed by atoms with E-state index in [1.54, 1.807) is 0 Å². The molecule has 0 spiro atoms. The number of likely N-dealkylation sites (tertiary alicyclic amines) is 1. The lowest BCUT2D eigenvalue weighted by atomic mass is 9.97. The molecule has 0 aliphatic carbocycles. The van der Waals surface area contributed by atoms with E-state index in [0.29, 0.717) is 12.1 Å². The minimum absolute atomic E-state index is 0.162. The molecule has 2 unspecified atom stereocenters. The van der Waals surface area contributed by atoms with Gasteiger partial charge >= 0.3 is 5.97 Å². The fraction of sp³-hybridized carbons (Fsp3) is 0.923. The number of aliphatic carboxylic acids is 1. The molecule has 1 fully saturated rings. The van der Waals surface area contributed by atoms with Gasteiger partial charge in [0.2, 0.25) is 0 Å². The van der Waals surface area contributed by atoms with Gasteiger partial charge in [-0.1, -0.05) is 0 Å². The van der Waals surface area contributed by atoms with E-state index in [1.807, 2.05) is 14.1 Å². The third-order valence-electron chi connectivity index (χ3n) is 3.87. The molecule has 1 rings (SSSR count). The number of hydrogen-bond donors (Lipinski definition) is 1. The number of carboxylic acid groups (broad SMARTS) is 1. The van der Waals surface area contributed by atoms with E-state index in [0.717, 1.165) is 32.5 Å². The highest BCUT2D eigenvalue weighted by Crippen LogP contribution is 2.20. The second kappa shape index (κ2) is 7.07. The van der Waals surface area contributed by atoms with Gasteiger partial charge in [0.25, 0.3) is 0 Å². The molecule has 2 atom stereocenters. The molecule has 0 aromatic carbocycles. The Morgan fingerprint density at radius 3 is 2.56 bits per heavy atom. The Balaban J connectivity index is 2.55. The van der Waals surface area contributed by atoms with Gasteiger partial charge in [0.05, 0.1) is 6.54 Å². The molecule has 0 aromatic rings. The van der Waals surface area contributed by atoms with Crippen LogP contribution >= 0.6 is 0 Å². The Morgan fingerprint density at radius 1 is 1.39 bits per heavy atom. The topological polar surface area (TPSA) is 47.0 Å². The molecule has 1 heterocycles. The molecule has 5 nitrogen and oxygen atoms in total. The molecule has 0 radical (unpaired) electrons. The van der Waals surface area contributed by atoms with Gasteiger partial charge in [0.15, 0.2) is 0 Å². The van der Waals surface area contributed by atoms with Crippen molar-refractivity contribution in [3.05, 3.63) is 0 Å². The maximum atomic E-state index is 11.0. The van der Waals surface area contributed by atoms with Crippen LogP contribution in [0.15, 0.2) is 0 Å². The van der Waals surface area contributed by atoms with E-state index < -0.39 is 5.97 Å². The molecule has 18 heavy (non-hydrogen) atoms. The van der Waals surface area contributed by atoms with Gasteiger partial charge < -0.3 is 14.9 Å². The molecule has 1 saturated heterocycles. The number of piperidine rings is 1. The summed E-state index contributed by atoms with van der Waals surface area (Å²) in [6.45, 7) is 5.18. The number of carboxylic acids is 1. The van der Waals surface area contributed by atoms with Crippen LogP contribution < -0.4 is 0 Å². The van der Waals surface area contributed by atoms with Crippen molar-refractivity contribution in [3.8, 4) is 0 Å². The zero-order valence-corrected chi connectivity index (χ0v) is 12.1. The second-order valence-corrected chi connectivity index (χ2v) is 5.68. The van der Waals surface area contributed by atoms with Crippen molar-refractivity contribution in [2.24, 2.45) is 0 Å². The van der Waals surface area contributed by atoms with Crippen LogP contribution in [0.2, 0.25) is 0 Å². The van der Waals surface area contributed by atoms with Gasteiger partial charge in [0, 0.05) is 25.2 Å². The van der Waals surface area contributed by atoms with Crippen LogP contribution in [-0.2, 0) is 4.79 Å². The number of likely N-dealkylation sites (N-methyl/N-ethyl adjacent to an activating group) is 1. The maximum Gasteiger partial charge on any atom is 0.317 e. The smallest absolute Gasteiger partial charge is 0.317 e. The summed E-state index contributed by atoms with van der Waals surface area (Å²) in [6.07, 6.45) is 2.14. The summed E-state index contributed by atoms with van der Waals surface area (Å²) < 4.78 is 0. The molecule has 0 aromatic heterocycles. The molecule has 0 bridgehead atoms. The fourth-order valence-corrected chi connectivity index (χ4v) is 2.49. The molecule has 106 valence electrons. The molecule has 1 aliphatic rings. The molecular weight excluding hydrogens is 230 g/mol. The second-order valence-electron chi connectivity index (χ2n) is 5.68. The largest absolute Gasteiger partial charge is 0.480 e. The summed E-state index contributed by atoms with van der Waals surface area (Å²) in [6, 6.07) is 0.951. The lowest BCUT2D eigenvalue weighted by molar-refractivity contribution is -0.139. The van der Waals surface area contributed by atoms with Gasteiger partial charge in [0.1, 0.15) is 0 Å². The van der Waals surface area contributed by atoms with Gasteiger partial charge in [-0.05, 0) is 47.5 Å². The first-order chi connectivity index (χ1) is 8.40. The van der Waals surface area contributed by atoms with Crippen molar-refractivity contribution >= 4 is 5.97 Å². The number of rotatable bonds is 6. The number of hydrogen-bond acceptors (Lipinski definition) is 4. The highest BCUT2D eigenvalue weighted by atomic mass is 16.4. The Bertz CT molecular complexity index is 271. The van der Waals surface area contributed by atoms with Crippen LogP contribution in [0.25, 0.3) is 0 Å². The summed E-state index contributed by atoms with van der Waals surface area (Å²) in [7, 11) is 6.19. The Hall–Kier alpha value is -0.650. The van der Waals surface area contributed by atoms with Crippen LogP contribution in [0.5, 0.6) is 0 Å². The zero-order chi connectivity index (χ0) is 13.7. The quantitative estimate of drug-likeness (QED) is 0.747. The van der Waals surface area contributed by atoms with Crippen LogP contribution in [0.1, 0.15) is 19.8 Å². The monoisotopic (exact) mass is 257 g/mol. The molecule has 1 aliphatic heterocycles. The Kier molecular flexibility index (Phi) is 6.05. The molecule has 0 amide bonds. The first kappa shape index (κ1) is 15.4. The van der Waals surface area contributed by atoms with E-state index in [-0.39, 0.29) is 6.54 Å². The van der Waals surface area contributed by atoms with E-state index in [4.69, 9.17) is 5.11 Å². The summed E-state index contributed by atoms with van der Waals surface area (Å²) in [4.78, 5) is 17.6. The minimum atomic E-state index is -0.722. The van der Waals surface area contributed by atoms with Crippen LogP contribution in [0, 0.1) is 0 Å². The molecule has 1 N–H and O–H groups in total. The van der Waals surface area contributed by atoms with E-state index >= 15 is 0 Å². The molecule has 5 heteroatoms. The summed E-state index contributed by atoms with van der Waals surface area (Å²) >= 11 is 0. The average Bonchev–Trinajstić information content (AvgIpc) is 2.27. The normalized spacial score (nSPS) is 25.9. The lowest BCUT2D eigenvalue weighted by Crippen LogP contribution is -2.50. The van der Waals surface area contributed by atoms with Crippen molar-refractivity contribution in [2.45, 2.75) is 31.8 Å². The van der Waals surface area contributed by atoms with Crippen LogP contribution in [-0.4, -0.2) is 85.2 Å². The first-order valence-corrected chi connectivity index (χ1v) is 6.71. The average molecular weight is 257 g/mol. The van der Waals surface area contributed by atoms with E-state index in [2.05, 4.69) is 28.7 Å². The highest BCUT2D eigenvalue weighted by Gasteiger charge is 2.28. The Morgan fingerprint density at radius 2 is 2.06 bits per heavy atom. The lowest BCUT2D eigenvalue weighted by Gasteiger charge is -2.40. The van der Waals surface area contributed by atoms with Crippen molar-refractivity contribution in [3.63, 3.8) is 0 Å². The van der Waals surface area contributed by atoms with Crippen molar-refractivity contribution in [1.29, 1.82) is 0 Å². The summed E-state index contributed by atoms with van der Waals surface area (Å²) in [5.41, 5.74) is 0. The highest BCUT2D eigenvalue weighted by molar-refractivity contribution is 5.69. The molecule has 0 saturated carbocycles. The third kappa shape index (κ3) is 4.92. The standard InChI is InChI=1S/C13H27N3O2/c1-11-9-12(5-6-15(11)4)16(10-13(17)18)8-7-14(2)3/h11-12H,5-10H2,1-4H3,(H,17,18). The van der Waals surface area contributed by atoms with Gasteiger partial charge in [-0.25, -0.2) is 0 Å². The Labute approximate surface area is 110 Å². The van der Waals surface area contributed by atoms with Gasteiger partial charge in [-0.3, -0.25) is 9.69 Å². The number of carbonyl (C=O) groups is 1.